The summed E-state index contributed by atoms with van der Waals surface area (Å²) in [4.78, 5) is 28.1. The van der Waals surface area contributed by atoms with Crippen LogP contribution in [0.3, 0.4) is 0 Å². The number of carbonyl (C=O) groups is 2. The Morgan fingerprint density at radius 3 is 2.06 bits per heavy atom. The molecule has 0 saturated carbocycles. The molecule has 0 spiro atoms. The van der Waals surface area contributed by atoms with Crippen molar-refractivity contribution in [1.29, 1.82) is 0 Å². The molecule has 0 heterocycles. The van der Waals surface area contributed by atoms with Gasteiger partial charge in [-0.05, 0) is 58.2 Å². The van der Waals surface area contributed by atoms with Gasteiger partial charge in [-0.3, -0.25) is 4.79 Å². The molecule has 9 heteroatoms. The Morgan fingerprint density at radius 2 is 1.61 bits per heavy atom. The molecule has 1 aromatic rings. The zero-order chi connectivity index (χ0) is 22.8. The van der Waals surface area contributed by atoms with Gasteiger partial charge in [-0.15, -0.1) is 24.0 Å². The predicted molar refractivity (Wildman–Crippen MR) is 136 cm³/mol. The van der Waals surface area contributed by atoms with Crippen molar-refractivity contribution in [3.63, 3.8) is 0 Å². The van der Waals surface area contributed by atoms with E-state index in [9.17, 15) is 9.59 Å². The van der Waals surface area contributed by atoms with Crippen LogP contribution in [-0.4, -0.2) is 42.2 Å². The number of guanidine groups is 1. The van der Waals surface area contributed by atoms with Crippen LogP contribution >= 0.6 is 24.0 Å². The summed E-state index contributed by atoms with van der Waals surface area (Å²) >= 11 is 0. The highest BCUT2D eigenvalue weighted by Crippen LogP contribution is 2.16. The zero-order valence-corrected chi connectivity index (χ0v) is 21.8. The highest BCUT2D eigenvalue weighted by molar-refractivity contribution is 14.0. The summed E-state index contributed by atoms with van der Waals surface area (Å²) in [7, 11) is 0. The number of ether oxygens (including phenoxy) is 1. The summed E-state index contributed by atoms with van der Waals surface area (Å²) in [5.74, 6) is 0.196. The Labute approximate surface area is 203 Å². The Balaban J connectivity index is 0.00000900. The first-order valence-electron chi connectivity index (χ1n) is 10.5. The molecular formula is C22H38IN5O3. The minimum absolute atomic E-state index is 0. The molecule has 5 N–H and O–H groups in total. The monoisotopic (exact) mass is 547 g/mol. The van der Waals surface area contributed by atoms with Gasteiger partial charge in [0.15, 0.2) is 5.96 Å². The number of nitrogens with one attached hydrogen (secondary N) is 3. The molecule has 8 nitrogen and oxygen atoms in total. The van der Waals surface area contributed by atoms with Crippen LogP contribution in [0.15, 0.2) is 29.3 Å². The van der Waals surface area contributed by atoms with Crippen molar-refractivity contribution in [2.45, 2.75) is 72.1 Å². The maximum atomic E-state index is 12.3. The van der Waals surface area contributed by atoms with Gasteiger partial charge in [0.05, 0.1) is 12.1 Å². The fourth-order valence-electron chi connectivity index (χ4n) is 2.78. The number of rotatable bonds is 9. The van der Waals surface area contributed by atoms with Gasteiger partial charge in [-0.1, -0.05) is 26.0 Å². The molecule has 0 atom stereocenters. The van der Waals surface area contributed by atoms with Crippen molar-refractivity contribution >= 4 is 41.9 Å². The Hall–Kier alpha value is -2.04. The van der Waals surface area contributed by atoms with E-state index in [1.807, 2.05) is 53.7 Å². The molecule has 1 aromatic carbocycles. The lowest BCUT2D eigenvalue weighted by Gasteiger charge is -2.34. The third-order valence-electron chi connectivity index (χ3n) is 4.72. The van der Waals surface area contributed by atoms with E-state index in [1.165, 1.54) is 0 Å². The van der Waals surface area contributed by atoms with E-state index < -0.39 is 23.1 Å². The average molecular weight is 547 g/mol. The van der Waals surface area contributed by atoms with E-state index in [0.717, 1.165) is 18.4 Å². The smallest absolute Gasteiger partial charge is 0.408 e. The third kappa shape index (κ3) is 10.7. The van der Waals surface area contributed by atoms with Gasteiger partial charge in [0.1, 0.15) is 5.60 Å². The molecule has 0 aromatic heterocycles. The zero-order valence-electron chi connectivity index (χ0n) is 19.5. The summed E-state index contributed by atoms with van der Waals surface area (Å²) in [6.07, 6.45) is 1.05. The predicted octanol–water partition coefficient (Wildman–Crippen LogP) is 3.54. The molecule has 0 aliphatic heterocycles. The van der Waals surface area contributed by atoms with Crippen molar-refractivity contribution in [2.75, 3.05) is 13.1 Å². The summed E-state index contributed by atoms with van der Waals surface area (Å²) in [5.41, 5.74) is 5.70. The van der Waals surface area contributed by atoms with Gasteiger partial charge in [0.2, 0.25) is 5.91 Å². The highest BCUT2D eigenvalue weighted by Gasteiger charge is 2.30. The van der Waals surface area contributed by atoms with Gasteiger partial charge in [-0.25, -0.2) is 9.79 Å². The van der Waals surface area contributed by atoms with Crippen LogP contribution in [0, 0.1) is 0 Å². The van der Waals surface area contributed by atoms with Crippen molar-refractivity contribution < 1.29 is 14.3 Å². The van der Waals surface area contributed by atoms with Crippen molar-refractivity contribution in [2.24, 2.45) is 10.7 Å². The first kappa shape index (κ1) is 29.0. The lowest BCUT2D eigenvalue weighted by Crippen LogP contribution is -2.57. The molecule has 2 amide bonds. The molecule has 0 unspecified atom stereocenters. The Morgan fingerprint density at radius 1 is 1.03 bits per heavy atom. The van der Waals surface area contributed by atoms with Crippen LogP contribution < -0.4 is 21.7 Å². The number of hydrogen-bond acceptors (Lipinski definition) is 4. The van der Waals surface area contributed by atoms with E-state index >= 15 is 0 Å². The van der Waals surface area contributed by atoms with E-state index in [4.69, 9.17) is 10.5 Å². The van der Waals surface area contributed by atoms with E-state index in [2.05, 4.69) is 20.9 Å². The van der Waals surface area contributed by atoms with Gasteiger partial charge in [0.25, 0.3) is 0 Å². The molecule has 0 aliphatic carbocycles. The molecule has 0 fully saturated rings. The second kappa shape index (κ2) is 13.4. The quantitative estimate of drug-likeness (QED) is 0.214. The Kier molecular flexibility index (Phi) is 12.5. The highest BCUT2D eigenvalue weighted by atomic mass is 127. The standard InChI is InChI=1S/C22H37N5O3.HI/c1-7-22(8-2,27-20(29)30-21(4,5)6)15-26-19(24-9-3)25-14-16-10-12-17(13-11-16)18(23)28;/h10-13H,7-9,14-15H2,1-6H3,(H2,23,28)(H,27,29)(H2,24,25,26);1H. The normalized spacial score (nSPS) is 11.9. The van der Waals surface area contributed by atoms with Crippen LogP contribution in [0.4, 0.5) is 4.79 Å². The molecule has 31 heavy (non-hydrogen) atoms. The number of carbonyl (C=O) groups excluding carboxylic acids is 2. The molecule has 0 radical (unpaired) electrons. The third-order valence-corrected chi connectivity index (χ3v) is 4.72. The van der Waals surface area contributed by atoms with E-state index in [-0.39, 0.29) is 24.0 Å². The number of alkyl carbamates (subject to hydrolysis) is 1. The number of hydrogen-bond donors (Lipinski definition) is 4. The van der Waals surface area contributed by atoms with Crippen LogP contribution in [-0.2, 0) is 11.3 Å². The minimum Gasteiger partial charge on any atom is -0.444 e. The van der Waals surface area contributed by atoms with Gasteiger partial charge >= 0.3 is 6.09 Å². The van der Waals surface area contributed by atoms with E-state index in [1.54, 1.807) is 12.1 Å². The topological polar surface area (TPSA) is 118 Å². The van der Waals surface area contributed by atoms with Crippen molar-refractivity contribution in [1.82, 2.24) is 16.0 Å². The molecule has 1 rings (SSSR count). The lowest BCUT2D eigenvalue weighted by molar-refractivity contribution is 0.0448. The van der Waals surface area contributed by atoms with Gasteiger partial charge in [-0.2, -0.15) is 0 Å². The number of halogens is 1. The number of nitrogens with two attached hydrogens (primary N) is 1. The number of benzene rings is 1. The average Bonchev–Trinajstić information content (AvgIpc) is 2.68. The number of nitrogens with zero attached hydrogens (tertiary/aromatic N) is 1. The lowest BCUT2D eigenvalue weighted by atomic mass is 9.93. The fraction of sp³-hybridized carbons (Fsp3) is 0.591. The second-order valence-electron chi connectivity index (χ2n) is 8.22. The molecule has 0 bridgehead atoms. The van der Waals surface area contributed by atoms with Crippen molar-refractivity contribution in [3.8, 4) is 0 Å². The minimum atomic E-state index is -0.550. The fourth-order valence-corrected chi connectivity index (χ4v) is 2.78. The van der Waals surface area contributed by atoms with Crippen LogP contribution in [0.2, 0.25) is 0 Å². The van der Waals surface area contributed by atoms with Crippen LogP contribution in [0.1, 0.15) is 70.3 Å². The first-order valence-corrected chi connectivity index (χ1v) is 10.5. The molecule has 176 valence electrons. The van der Waals surface area contributed by atoms with Crippen LogP contribution in [0.5, 0.6) is 0 Å². The SMILES string of the molecule is CCNC(=NCc1ccc(C(N)=O)cc1)NCC(CC)(CC)NC(=O)OC(C)(C)C.I. The number of primary amides is 1. The number of amides is 2. The van der Waals surface area contributed by atoms with Crippen LogP contribution in [0.25, 0.3) is 0 Å². The maximum Gasteiger partial charge on any atom is 0.408 e. The molecule has 0 saturated heterocycles. The second-order valence-corrected chi connectivity index (χ2v) is 8.22. The summed E-state index contributed by atoms with van der Waals surface area (Å²) in [6, 6.07) is 7.05. The molecular weight excluding hydrogens is 509 g/mol. The summed E-state index contributed by atoms with van der Waals surface area (Å²) in [5, 5.41) is 9.57. The molecule has 0 aliphatic rings. The van der Waals surface area contributed by atoms with Gasteiger partial charge < -0.3 is 26.4 Å². The largest absolute Gasteiger partial charge is 0.444 e. The summed E-state index contributed by atoms with van der Waals surface area (Å²) < 4.78 is 5.43. The van der Waals surface area contributed by atoms with Gasteiger partial charge in [0, 0.05) is 18.7 Å². The van der Waals surface area contributed by atoms with E-state index in [0.29, 0.717) is 31.2 Å². The first-order chi connectivity index (χ1) is 14.0. The number of aliphatic imine (C=N–C) groups is 1. The maximum absolute atomic E-state index is 12.3. The Bertz CT molecular complexity index is 726. The summed E-state index contributed by atoms with van der Waals surface area (Å²) in [6.45, 7) is 13.2. The van der Waals surface area contributed by atoms with Crippen molar-refractivity contribution in [3.05, 3.63) is 35.4 Å².